The number of hydrogen-bond acceptors (Lipinski definition) is 6. The van der Waals surface area contributed by atoms with E-state index in [0.717, 1.165) is 41.3 Å². The van der Waals surface area contributed by atoms with Crippen LogP contribution in [0.4, 0.5) is 32.0 Å². The van der Waals surface area contributed by atoms with Crippen LogP contribution in [-0.2, 0) is 24.6 Å². The Kier molecular flexibility index (Phi) is 7.30. The summed E-state index contributed by atoms with van der Waals surface area (Å²) in [7, 11) is 0. The van der Waals surface area contributed by atoms with Crippen molar-refractivity contribution in [3.63, 3.8) is 0 Å². The van der Waals surface area contributed by atoms with Crippen molar-refractivity contribution in [2.45, 2.75) is 17.8 Å². The zero-order valence-corrected chi connectivity index (χ0v) is 24.8. The van der Waals surface area contributed by atoms with Crippen LogP contribution in [0.1, 0.15) is 11.1 Å². The van der Waals surface area contributed by atoms with Crippen molar-refractivity contribution in [2.75, 3.05) is 4.90 Å². The van der Waals surface area contributed by atoms with Gasteiger partial charge in [-0.05, 0) is 71.8 Å². The fraction of sp³-hybridized carbons (Fsp3) is 0.200. The molecule has 0 bridgehead atoms. The van der Waals surface area contributed by atoms with Crippen LogP contribution in [-0.4, -0.2) is 36.0 Å². The summed E-state index contributed by atoms with van der Waals surface area (Å²) >= 11 is 0. The number of fused-ring (bicyclic) bond motifs is 4. The molecular weight excluding hydrogens is 658 g/mol. The Morgan fingerprint density at radius 2 is 0.857 bits per heavy atom. The second kappa shape index (κ2) is 11.2. The molecule has 2 heterocycles. The van der Waals surface area contributed by atoms with Gasteiger partial charge in [-0.2, -0.15) is 26.3 Å². The van der Waals surface area contributed by atoms with E-state index in [1.54, 1.807) is 30.3 Å². The Morgan fingerprint density at radius 3 is 1.24 bits per heavy atom. The molecule has 0 spiro atoms. The summed E-state index contributed by atoms with van der Waals surface area (Å²) in [6.07, 6.45) is -11.6. The molecule has 4 aromatic rings. The number of ether oxygens (including phenoxy) is 2. The monoisotopic (exact) mass is 680 g/mol. The molecule has 4 aromatic carbocycles. The third-order valence-electron chi connectivity index (χ3n) is 9.15. The molecule has 2 aliphatic heterocycles. The normalized spacial score (nSPS) is 22.0. The molecule has 1 N–H and O–H groups in total. The number of carbonyl (C=O) groups is 4. The van der Waals surface area contributed by atoms with Gasteiger partial charge < -0.3 is 9.47 Å². The van der Waals surface area contributed by atoms with E-state index in [9.17, 15) is 45.5 Å². The van der Waals surface area contributed by atoms with Crippen molar-refractivity contribution in [1.29, 1.82) is 0 Å². The Morgan fingerprint density at radius 1 is 0.490 bits per heavy atom. The number of anilines is 1. The molecule has 4 amide bonds. The minimum Gasteiger partial charge on any atom is -0.457 e. The Bertz CT molecular complexity index is 1910. The number of hydrogen-bond donors (Lipinski definition) is 1. The van der Waals surface area contributed by atoms with E-state index in [1.165, 1.54) is 24.3 Å². The topological polar surface area (TPSA) is 102 Å². The van der Waals surface area contributed by atoms with E-state index in [2.05, 4.69) is 5.32 Å². The predicted molar refractivity (Wildman–Crippen MR) is 158 cm³/mol. The fourth-order valence-corrected chi connectivity index (χ4v) is 6.92. The molecule has 8 nitrogen and oxygen atoms in total. The van der Waals surface area contributed by atoms with Crippen LogP contribution in [0.5, 0.6) is 23.0 Å². The van der Waals surface area contributed by atoms with Gasteiger partial charge in [0.25, 0.3) is 0 Å². The highest BCUT2D eigenvalue weighted by Gasteiger charge is 2.73. The lowest BCUT2D eigenvalue weighted by molar-refractivity contribution is -0.288. The number of nitrogens with one attached hydrogen (secondary N) is 1. The lowest BCUT2D eigenvalue weighted by Crippen LogP contribution is -2.54. The molecule has 1 saturated carbocycles. The minimum atomic E-state index is -5.80. The van der Waals surface area contributed by atoms with Crippen LogP contribution < -0.4 is 19.7 Å². The number of benzene rings is 4. The molecule has 3 aliphatic rings. The summed E-state index contributed by atoms with van der Waals surface area (Å²) in [6, 6.07) is 20.4. The van der Waals surface area contributed by atoms with Gasteiger partial charge in [0.15, 0.2) is 0 Å². The highest BCUT2D eigenvalue weighted by molar-refractivity contribution is 6.27. The maximum Gasteiger partial charge on any atom is 0.411 e. The molecule has 4 atom stereocenters. The van der Waals surface area contributed by atoms with Crippen molar-refractivity contribution in [1.82, 2.24) is 5.32 Å². The number of amides is 4. The molecular formula is C35H22F6N2O6. The Balaban J connectivity index is 1.12. The third-order valence-corrected chi connectivity index (χ3v) is 9.15. The van der Waals surface area contributed by atoms with E-state index in [1.807, 2.05) is 0 Å². The van der Waals surface area contributed by atoms with E-state index in [-0.39, 0.29) is 22.9 Å². The smallest absolute Gasteiger partial charge is 0.411 e. The first-order valence-corrected chi connectivity index (χ1v) is 14.8. The van der Waals surface area contributed by atoms with Crippen LogP contribution in [0.3, 0.4) is 0 Å². The first-order chi connectivity index (χ1) is 23.2. The van der Waals surface area contributed by atoms with Gasteiger partial charge >= 0.3 is 12.4 Å². The first kappa shape index (κ1) is 31.9. The van der Waals surface area contributed by atoms with Gasteiger partial charge in [-0.3, -0.25) is 29.4 Å². The number of para-hydroxylation sites is 1. The fourth-order valence-electron chi connectivity index (χ4n) is 6.92. The predicted octanol–water partition coefficient (Wildman–Crippen LogP) is 6.69. The minimum absolute atomic E-state index is 0.0406. The summed E-state index contributed by atoms with van der Waals surface area (Å²) in [5.41, 5.74) is -6.41. The van der Waals surface area contributed by atoms with E-state index in [0.29, 0.717) is 17.9 Å². The standard InChI is InChI=1S/C35H22F6N2O6/c36-34(37,38)33(35(39,40)41,18-6-12-22(13-7-18)48-21-4-2-1-3-5-21)19-8-14-23(15-9-19)49-24-16-10-20(11-17-24)43-31(46)27-25-26(28(27)32(43)47)30(45)42-29(25)44/h1-17,25-28H,(H,42,44,45). The number of imide groups is 2. The van der Waals surface area contributed by atoms with Crippen molar-refractivity contribution in [3.8, 4) is 23.0 Å². The highest BCUT2D eigenvalue weighted by atomic mass is 19.4. The van der Waals surface area contributed by atoms with Crippen molar-refractivity contribution in [3.05, 3.63) is 114 Å². The summed E-state index contributed by atoms with van der Waals surface area (Å²) in [6.45, 7) is 0. The summed E-state index contributed by atoms with van der Waals surface area (Å²) in [4.78, 5) is 51.1. The van der Waals surface area contributed by atoms with Gasteiger partial charge in [-0.25, -0.2) is 0 Å². The van der Waals surface area contributed by atoms with E-state index < -0.39 is 76.2 Å². The quantitative estimate of drug-likeness (QED) is 0.173. The van der Waals surface area contributed by atoms with Gasteiger partial charge in [0.2, 0.25) is 29.0 Å². The van der Waals surface area contributed by atoms with Crippen LogP contribution in [0.2, 0.25) is 0 Å². The Hall–Kier alpha value is -5.66. The first-order valence-electron chi connectivity index (χ1n) is 14.8. The van der Waals surface area contributed by atoms with Crippen LogP contribution in [0.25, 0.3) is 0 Å². The second-order valence-electron chi connectivity index (χ2n) is 11.8. The Labute approximate surface area is 273 Å². The lowest BCUT2D eigenvalue weighted by Gasteiger charge is -2.38. The molecule has 14 heteroatoms. The third kappa shape index (κ3) is 4.92. The van der Waals surface area contributed by atoms with Crippen molar-refractivity contribution >= 4 is 29.3 Å². The number of rotatable bonds is 7. The van der Waals surface area contributed by atoms with Gasteiger partial charge in [-0.15, -0.1) is 0 Å². The number of carbonyl (C=O) groups excluding carboxylic acids is 4. The van der Waals surface area contributed by atoms with Crippen LogP contribution >= 0.6 is 0 Å². The number of nitrogens with zero attached hydrogens (tertiary/aromatic N) is 1. The second-order valence-corrected chi connectivity index (χ2v) is 11.8. The van der Waals surface area contributed by atoms with E-state index >= 15 is 0 Å². The van der Waals surface area contributed by atoms with Gasteiger partial charge in [0, 0.05) is 0 Å². The molecule has 0 radical (unpaired) electrons. The average molecular weight is 681 g/mol. The molecule has 3 fully saturated rings. The van der Waals surface area contributed by atoms with Crippen LogP contribution in [0.15, 0.2) is 103 Å². The molecule has 1 aliphatic carbocycles. The van der Waals surface area contributed by atoms with Gasteiger partial charge in [0.05, 0.1) is 29.4 Å². The largest absolute Gasteiger partial charge is 0.457 e. The zero-order valence-electron chi connectivity index (χ0n) is 24.8. The van der Waals surface area contributed by atoms with E-state index in [4.69, 9.17) is 9.47 Å². The van der Waals surface area contributed by atoms with Crippen molar-refractivity contribution in [2.24, 2.45) is 23.7 Å². The van der Waals surface area contributed by atoms with Crippen molar-refractivity contribution < 1.29 is 55.0 Å². The van der Waals surface area contributed by atoms with Gasteiger partial charge in [0.1, 0.15) is 23.0 Å². The number of alkyl halides is 6. The molecule has 7 rings (SSSR count). The molecule has 2 saturated heterocycles. The molecule has 0 aromatic heterocycles. The average Bonchev–Trinajstić information content (AvgIpc) is 3.38. The maximum absolute atomic E-state index is 14.6. The molecule has 4 unspecified atom stereocenters. The maximum atomic E-state index is 14.6. The summed E-state index contributed by atoms with van der Waals surface area (Å²) < 4.78 is 99.0. The zero-order chi connectivity index (χ0) is 34.9. The molecule has 49 heavy (non-hydrogen) atoms. The summed E-state index contributed by atoms with van der Waals surface area (Å²) in [5, 5.41) is 2.14. The number of halogens is 6. The van der Waals surface area contributed by atoms with Crippen LogP contribution in [0, 0.1) is 23.7 Å². The summed E-state index contributed by atoms with van der Waals surface area (Å²) in [5.74, 6) is -5.73. The lowest BCUT2D eigenvalue weighted by atomic mass is 9.59. The highest BCUT2D eigenvalue weighted by Crippen LogP contribution is 2.57. The SMILES string of the molecule is O=C1NC(=O)C2C1C1C(=O)N(c3ccc(Oc4ccc(C(c5ccc(Oc6ccccc6)cc5)(C(F)(F)F)C(F)(F)F)cc4)cc3)C(=O)C21. The van der Waals surface area contributed by atoms with Gasteiger partial charge in [-0.1, -0.05) is 42.5 Å². The molecule has 250 valence electrons.